The van der Waals surface area contributed by atoms with Crippen molar-refractivity contribution in [2.45, 2.75) is 71.9 Å². The molecule has 3 aromatic rings. The van der Waals surface area contributed by atoms with E-state index in [0.717, 1.165) is 31.5 Å². The first-order valence-electron chi connectivity index (χ1n) is 15.3. The van der Waals surface area contributed by atoms with Crippen LogP contribution in [0.5, 0.6) is 0 Å². The molecule has 2 aliphatic heterocycles. The summed E-state index contributed by atoms with van der Waals surface area (Å²) in [4.78, 5) is 30.6. The van der Waals surface area contributed by atoms with Gasteiger partial charge in [-0.15, -0.1) is 0 Å². The van der Waals surface area contributed by atoms with Gasteiger partial charge in [-0.1, -0.05) is 39.3 Å². The maximum absolute atomic E-state index is 16.9. The molecule has 3 heterocycles. The highest BCUT2D eigenvalue weighted by molar-refractivity contribution is 5.96. The summed E-state index contributed by atoms with van der Waals surface area (Å²) in [6.45, 7) is 13.2. The summed E-state index contributed by atoms with van der Waals surface area (Å²) in [7, 11) is 4.10. The van der Waals surface area contributed by atoms with Crippen LogP contribution in [0.2, 0.25) is 0 Å². The van der Waals surface area contributed by atoms with Gasteiger partial charge in [0.25, 0.3) is 0 Å². The van der Waals surface area contributed by atoms with Crippen LogP contribution in [0, 0.1) is 18.6 Å². The van der Waals surface area contributed by atoms with E-state index in [0.29, 0.717) is 60.4 Å². The van der Waals surface area contributed by atoms with E-state index in [9.17, 15) is 4.79 Å². The van der Waals surface area contributed by atoms with Crippen LogP contribution in [0.4, 0.5) is 20.5 Å². The van der Waals surface area contributed by atoms with Crippen LogP contribution in [0.1, 0.15) is 64.0 Å². The van der Waals surface area contributed by atoms with Crippen LogP contribution < -0.4 is 9.80 Å². The molecular weight excluding hydrogens is 534 g/mol. The lowest BCUT2D eigenvalue weighted by Crippen LogP contribution is -2.58. The zero-order chi connectivity index (χ0) is 30.3. The third-order valence-corrected chi connectivity index (χ3v) is 9.07. The van der Waals surface area contributed by atoms with Crippen molar-refractivity contribution in [1.82, 2.24) is 19.8 Å². The first-order valence-corrected chi connectivity index (χ1v) is 15.3. The van der Waals surface area contributed by atoms with Crippen LogP contribution in [-0.2, 0) is 4.79 Å². The van der Waals surface area contributed by atoms with Crippen molar-refractivity contribution < 1.29 is 13.6 Å². The second-order valence-electron chi connectivity index (χ2n) is 12.3. The molecule has 7 nitrogen and oxygen atoms in total. The summed E-state index contributed by atoms with van der Waals surface area (Å²) in [5.74, 6) is 0.433. The summed E-state index contributed by atoms with van der Waals surface area (Å²) in [6.07, 6.45) is 2.30. The number of aromatic nitrogens is 2. The highest BCUT2D eigenvalue weighted by Crippen LogP contribution is 2.41. The van der Waals surface area contributed by atoms with E-state index >= 15 is 8.78 Å². The van der Waals surface area contributed by atoms with Gasteiger partial charge in [-0.3, -0.25) is 4.79 Å². The van der Waals surface area contributed by atoms with Gasteiger partial charge in [0.1, 0.15) is 17.2 Å². The Morgan fingerprint density at radius 3 is 2.45 bits per heavy atom. The third kappa shape index (κ3) is 5.43. The van der Waals surface area contributed by atoms with Gasteiger partial charge in [-0.2, -0.15) is 4.98 Å². The fraction of sp³-hybridized carbons (Fsp3) is 0.545. The summed E-state index contributed by atoms with van der Waals surface area (Å²) in [5, 5.41) is 0.615. The molecule has 2 saturated heterocycles. The molecule has 2 aromatic carbocycles. The molecule has 0 saturated carbocycles. The number of halogens is 2. The van der Waals surface area contributed by atoms with Gasteiger partial charge in [0.2, 0.25) is 11.9 Å². The van der Waals surface area contributed by atoms with Gasteiger partial charge in [-0.05, 0) is 63.5 Å². The summed E-state index contributed by atoms with van der Waals surface area (Å²) in [6, 6.07) is 7.32. The average Bonchev–Trinajstić information content (AvgIpc) is 2.92. The zero-order valence-electron chi connectivity index (χ0n) is 26.0. The Morgan fingerprint density at radius 2 is 1.81 bits per heavy atom. The molecular formula is C33H44F2N6O. The van der Waals surface area contributed by atoms with Crippen LogP contribution >= 0.6 is 0 Å². The maximum Gasteiger partial charge on any atom is 0.228 e. The van der Waals surface area contributed by atoms with Gasteiger partial charge >= 0.3 is 0 Å². The molecule has 1 amide bonds. The number of likely N-dealkylation sites (N-methyl/N-ethyl adjacent to an activating group) is 1. The van der Waals surface area contributed by atoms with Crippen molar-refractivity contribution in [2.24, 2.45) is 0 Å². The lowest BCUT2D eigenvalue weighted by molar-refractivity contribution is -0.133. The Labute approximate surface area is 248 Å². The fourth-order valence-corrected chi connectivity index (χ4v) is 6.49. The van der Waals surface area contributed by atoms with E-state index in [2.05, 4.69) is 28.5 Å². The van der Waals surface area contributed by atoms with Gasteiger partial charge in [-0.25, -0.2) is 13.8 Å². The smallest absolute Gasteiger partial charge is 0.228 e. The average molecular weight is 579 g/mol. The van der Waals surface area contributed by atoms with Crippen molar-refractivity contribution in [2.75, 3.05) is 56.6 Å². The number of nitrogens with zero attached hydrogens (tertiary/aromatic N) is 6. The minimum atomic E-state index is -0.512. The number of benzene rings is 2. The predicted molar refractivity (Wildman–Crippen MR) is 166 cm³/mol. The summed E-state index contributed by atoms with van der Waals surface area (Å²) in [5.41, 5.74) is 2.28. The Morgan fingerprint density at radius 1 is 1.07 bits per heavy atom. The second-order valence-corrected chi connectivity index (χ2v) is 12.3. The highest BCUT2D eigenvalue weighted by atomic mass is 19.1. The van der Waals surface area contributed by atoms with Crippen LogP contribution in [0.25, 0.3) is 22.0 Å². The van der Waals surface area contributed by atoms with Gasteiger partial charge in [0, 0.05) is 67.7 Å². The molecule has 226 valence electrons. The Hall–Kier alpha value is -3.33. The lowest BCUT2D eigenvalue weighted by atomic mass is 9.86. The van der Waals surface area contributed by atoms with Crippen molar-refractivity contribution in [1.29, 1.82) is 0 Å². The summed E-state index contributed by atoms with van der Waals surface area (Å²) >= 11 is 0. The molecule has 2 atom stereocenters. The first kappa shape index (κ1) is 30.1. The monoisotopic (exact) mass is 578 g/mol. The van der Waals surface area contributed by atoms with Crippen LogP contribution in [-0.4, -0.2) is 84.6 Å². The highest BCUT2D eigenvalue weighted by Gasteiger charge is 2.34. The third-order valence-electron chi connectivity index (χ3n) is 9.07. The molecule has 0 N–H and O–H groups in total. The number of carbonyl (C=O) groups excluding carboxylic acids is 1. The normalized spacial score (nSPS) is 18.6. The topological polar surface area (TPSA) is 55.8 Å². The fourth-order valence-electron chi connectivity index (χ4n) is 6.49. The number of carbonyl (C=O) groups is 1. The molecule has 9 heteroatoms. The Bertz CT molecular complexity index is 1470. The minimum Gasteiger partial charge on any atom is -0.352 e. The number of hydrogen-bond donors (Lipinski definition) is 0. The van der Waals surface area contributed by atoms with E-state index in [4.69, 9.17) is 9.97 Å². The van der Waals surface area contributed by atoms with E-state index in [1.807, 2.05) is 51.9 Å². The number of piperazine rings is 1. The van der Waals surface area contributed by atoms with E-state index in [1.54, 1.807) is 6.07 Å². The van der Waals surface area contributed by atoms with Gasteiger partial charge in [0.05, 0.1) is 0 Å². The zero-order valence-corrected chi connectivity index (χ0v) is 26.0. The standard InChI is InChI=1S/C33H44F2N6O/c1-8-11-20(3)24-12-10-13-26(34)29(24)28-21(4)16-25-31(30(28)35)36-33(40-18-23(19-40)38(6)7)37-32(25)39-14-15-41(22(5)17-39)27(42)9-2/h10,12-13,16,20,22-23H,8-9,11,14-15,17-19H2,1-7H3. The number of rotatable bonds is 8. The number of anilines is 2. The largest absolute Gasteiger partial charge is 0.352 e. The number of fused-ring (bicyclic) bond motifs is 1. The molecule has 42 heavy (non-hydrogen) atoms. The predicted octanol–water partition coefficient (Wildman–Crippen LogP) is 5.98. The first-order chi connectivity index (χ1) is 20.0. The second kappa shape index (κ2) is 12.1. The molecule has 1 aromatic heterocycles. The SMILES string of the molecule is CCCC(C)c1cccc(F)c1-c1c(C)cc2c(N3CCN(C(=O)CC)C(C)C3)nc(N3CC(N(C)C)C3)nc2c1F. The molecule has 2 unspecified atom stereocenters. The lowest BCUT2D eigenvalue weighted by Gasteiger charge is -2.44. The van der Waals surface area contributed by atoms with E-state index in [-0.39, 0.29) is 28.9 Å². The molecule has 0 bridgehead atoms. The number of hydrogen-bond acceptors (Lipinski definition) is 6. The van der Waals surface area contributed by atoms with Gasteiger partial charge < -0.3 is 19.6 Å². The molecule has 5 rings (SSSR count). The number of amides is 1. The Balaban J connectivity index is 1.67. The van der Waals surface area contributed by atoms with Crippen molar-refractivity contribution in [3.63, 3.8) is 0 Å². The molecule has 0 aliphatic carbocycles. The van der Waals surface area contributed by atoms with E-state index in [1.165, 1.54) is 6.07 Å². The molecule has 2 fully saturated rings. The van der Waals surface area contributed by atoms with Crippen LogP contribution in [0.3, 0.4) is 0 Å². The minimum absolute atomic E-state index is 0.00645. The molecule has 2 aliphatic rings. The number of aryl methyl sites for hydroxylation is 1. The molecule has 0 spiro atoms. The quantitative estimate of drug-likeness (QED) is 0.328. The van der Waals surface area contributed by atoms with Crippen molar-refractivity contribution >= 4 is 28.6 Å². The van der Waals surface area contributed by atoms with E-state index < -0.39 is 11.6 Å². The summed E-state index contributed by atoms with van der Waals surface area (Å²) < 4.78 is 32.5. The Kier molecular flexibility index (Phi) is 8.69. The van der Waals surface area contributed by atoms with Crippen molar-refractivity contribution in [3.8, 4) is 11.1 Å². The molecule has 0 radical (unpaired) electrons. The van der Waals surface area contributed by atoms with Crippen LogP contribution in [0.15, 0.2) is 24.3 Å². The maximum atomic E-state index is 16.9. The van der Waals surface area contributed by atoms with Gasteiger partial charge in [0.15, 0.2) is 5.82 Å². The van der Waals surface area contributed by atoms with Crippen molar-refractivity contribution in [3.05, 3.63) is 47.0 Å².